The van der Waals surface area contributed by atoms with Crippen molar-refractivity contribution >= 4 is 8.07 Å². The molecule has 100 valence electrons. The Morgan fingerprint density at radius 2 is 1.11 bits per heavy atom. The first-order valence-corrected chi connectivity index (χ1v) is 9.39. The van der Waals surface area contributed by atoms with Crippen LogP contribution in [0.3, 0.4) is 0 Å². The monoisotopic (exact) mass is 260 g/mol. The van der Waals surface area contributed by atoms with Gasteiger partial charge in [0, 0.05) is 0 Å². The van der Waals surface area contributed by atoms with E-state index in [0.29, 0.717) is 0 Å². The molecule has 0 aliphatic heterocycles. The SMILES string of the molecule is CC(C)[Si](C1=C/C=C\C=C/C=C1)(C(C)C)C(C)C. The standard InChI is InChI=1S/C17H28Si/c1-14(2)18(15(3)4,16(5)6)17-12-10-8-7-9-11-13-17/h7-16H,1-6H3/b8-7-,9-7?,10-8?,11-9-,12-10?,13-11?,17-12?,17-13?. The highest BCUT2D eigenvalue weighted by molar-refractivity contribution is 6.90. The number of hydrogen-bond donors (Lipinski definition) is 0. The second-order valence-corrected chi connectivity index (χ2v) is 12.1. The Morgan fingerprint density at radius 3 is 1.61 bits per heavy atom. The Bertz CT molecular complexity index is 357. The van der Waals surface area contributed by atoms with Crippen LogP contribution >= 0.6 is 0 Å². The van der Waals surface area contributed by atoms with Gasteiger partial charge in [0.25, 0.3) is 0 Å². The molecule has 0 saturated carbocycles. The molecule has 0 aromatic rings. The third-order valence-electron chi connectivity index (χ3n) is 4.36. The maximum absolute atomic E-state index is 2.42. The van der Waals surface area contributed by atoms with E-state index in [1.807, 2.05) is 0 Å². The van der Waals surface area contributed by atoms with Gasteiger partial charge in [-0.05, 0) is 16.6 Å². The lowest BCUT2D eigenvalue weighted by molar-refractivity contribution is 0.827. The molecule has 0 atom stereocenters. The molecule has 0 saturated heterocycles. The lowest BCUT2D eigenvalue weighted by atomic mass is 10.3. The van der Waals surface area contributed by atoms with E-state index in [9.17, 15) is 0 Å². The molecule has 0 nitrogen and oxygen atoms in total. The predicted octanol–water partition coefficient (Wildman–Crippen LogP) is 5.81. The minimum Gasteiger partial charge on any atom is -0.0648 e. The lowest BCUT2D eigenvalue weighted by Crippen LogP contribution is -2.46. The van der Waals surface area contributed by atoms with E-state index < -0.39 is 8.07 Å². The number of hydrogen-bond acceptors (Lipinski definition) is 0. The largest absolute Gasteiger partial charge is 0.0942 e. The Hall–Kier alpha value is -0.823. The van der Waals surface area contributed by atoms with E-state index in [0.717, 1.165) is 16.6 Å². The van der Waals surface area contributed by atoms with Crippen LogP contribution in [0.4, 0.5) is 0 Å². The van der Waals surface area contributed by atoms with Crippen molar-refractivity contribution in [2.45, 2.75) is 58.2 Å². The molecule has 0 aromatic heterocycles. The summed E-state index contributed by atoms with van der Waals surface area (Å²) in [6.45, 7) is 14.5. The smallest absolute Gasteiger partial charge is 0.0648 e. The maximum Gasteiger partial charge on any atom is 0.0942 e. The van der Waals surface area contributed by atoms with Crippen LogP contribution < -0.4 is 0 Å². The van der Waals surface area contributed by atoms with Gasteiger partial charge in [0.2, 0.25) is 0 Å². The Labute approximate surface area is 114 Å². The van der Waals surface area contributed by atoms with Gasteiger partial charge in [-0.1, -0.05) is 89.3 Å². The molecule has 0 unspecified atom stereocenters. The zero-order chi connectivity index (χ0) is 13.8. The van der Waals surface area contributed by atoms with Gasteiger partial charge in [0.15, 0.2) is 0 Å². The number of allylic oxidation sites excluding steroid dienone is 8. The first-order valence-electron chi connectivity index (χ1n) is 7.16. The molecule has 0 heterocycles. The van der Waals surface area contributed by atoms with Crippen molar-refractivity contribution in [3.63, 3.8) is 0 Å². The molecule has 0 bridgehead atoms. The van der Waals surface area contributed by atoms with Crippen molar-refractivity contribution in [2.75, 3.05) is 0 Å². The maximum atomic E-state index is 2.42. The Morgan fingerprint density at radius 1 is 0.667 bits per heavy atom. The lowest BCUT2D eigenvalue weighted by Gasteiger charge is -2.44. The van der Waals surface area contributed by atoms with Crippen LogP contribution in [0.25, 0.3) is 0 Å². The summed E-state index contributed by atoms with van der Waals surface area (Å²) in [7, 11) is -1.49. The van der Waals surface area contributed by atoms with Crippen LogP contribution in [0.5, 0.6) is 0 Å². The number of rotatable bonds is 4. The molecule has 0 amide bonds. The normalized spacial score (nSPS) is 19.9. The summed E-state index contributed by atoms with van der Waals surface area (Å²) in [5.74, 6) is 0. The van der Waals surface area contributed by atoms with Gasteiger partial charge in [0.05, 0.1) is 8.07 Å². The first kappa shape index (κ1) is 15.2. The van der Waals surface area contributed by atoms with Crippen LogP contribution in [0.1, 0.15) is 41.5 Å². The second-order valence-electron chi connectivity index (χ2n) is 6.15. The topological polar surface area (TPSA) is 0 Å². The average molecular weight is 260 g/mol. The minimum atomic E-state index is -1.49. The van der Waals surface area contributed by atoms with Crippen LogP contribution in [0.2, 0.25) is 16.6 Å². The van der Waals surface area contributed by atoms with Gasteiger partial charge in [-0.2, -0.15) is 0 Å². The van der Waals surface area contributed by atoms with Gasteiger partial charge < -0.3 is 0 Å². The van der Waals surface area contributed by atoms with Crippen molar-refractivity contribution in [3.8, 4) is 0 Å². The zero-order valence-corrected chi connectivity index (χ0v) is 13.8. The fourth-order valence-electron chi connectivity index (χ4n) is 3.86. The molecule has 1 aliphatic rings. The van der Waals surface area contributed by atoms with Crippen molar-refractivity contribution < 1.29 is 0 Å². The Kier molecular flexibility index (Phi) is 5.40. The van der Waals surface area contributed by atoms with Crippen LogP contribution in [0.15, 0.2) is 47.7 Å². The predicted molar refractivity (Wildman–Crippen MR) is 86.6 cm³/mol. The van der Waals surface area contributed by atoms with E-state index in [1.54, 1.807) is 5.20 Å². The van der Waals surface area contributed by atoms with Crippen molar-refractivity contribution in [1.29, 1.82) is 0 Å². The van der Waals surface area contributed by atoms with Gasteiger partial charge in [-0.25, -0.2) is 0 Å². The minimum absolute atomic E-state index is 0.769. The van der Waals surface area contributed by atoms with Crippen molar-refractivity contribution in [3.05, 3.63) is 47.7 Å². The summed E-state index contributed by atoms with van der Waals surface area (Å²) in [5, 5.41) is 1.60. The molecule has 18 heavy (non-hydrogen) atoms. The van der Waals surface area contributed by atoms with Crippen molar-refractivity contribution in [2.24, 2.45) is 0 Å². The molecule has 0 fully saturated rings. The van der Waals surface area contributed by atoms with E-state index in [1.165, 1.54) is 0 Å². The van der Waals surface area contributed by atoms with E-state index >= 15 is 0 Å². The molecular formula is C17H28Si. The zero-order valence-electron chi connectivity index (χ0n) is 12.8. The van der Waals surface area contributed by atoms with E-state index in [4.69, 9.17) is 0 Å². The third-order valence-corrected chi connectivity index (χ3v) is 11.4. The highest BCUT2D eigenvalue weighted by Crippen LogP contribution is 2.46. The molecule has 1 rings (SSSR count). The summed E-state index contributed by atoms with van der Waals surface area (Å²) in [4.78, 5) is 0. The molecule has 0 radical (unpaired) electrons. The third kappa shape index (κ3) is 2.77. The molecule has 0 N–H and O–H groups in total. The summed E-state index contributed by atoms with van der Waals surface area (Å²) < 4.78 is 0. The first-order chi connectivity index (χ1) is 8.44. The van der Waals surface area contributed by atoms with Gasteiger partial charge >= 0.3 is 0 Å². The van der Waals surface area contributed by atoms with Crippen LogP contribution in [-0.4, -0.2) is 8.07 Å². The van der Waals surface area contributed by atoms with E-state index in [2.05, 4.69) is 84.1 Å². The average Bonchev–Trinajstić information content (AvgIpc) is 2.19. The summed E-state index contributed by atoms with van der Waals surface area (Å²) in [6.07, 6.45) is 15.5. The van der Waals surface area contributed by atoms with Gasteiger partial charge in [0.1, 0.15) is 0 Å². The van der Waals surface area contributed by atoms with Crippen LogP contribution in [0, 0.1) is 0 Å². The highest BCUT2D eigenvalue weighted by atomic mass is 28.3. The fraction of sp³-hybridized carbons (Fsp3) is 0.529. The van der Waals surface area contributed by atoms with Gasteiger partial charge in [-0.15, -0.1) is 0 Å². The van der Waals surface area contributed by atoms with Crippen molar-refractivity contribution in [1.82, 2.24) is 0 Å². The quantitative estimate of drug-likeness (QED) is 0.559. The Balaban J connectivity index is 3.34. The highest BCUT2D eigenvalue weighted by Gasteiger charge is 2.44. The molecule has 1 heteroatoms. The summed E-state index contributed by atoms with van der Waals surface area (Å²) >= 11 is 0. The summed E-state index contributed by atoms with van der Waals surface area (Å²) in [6, 6.07) is 0. The molecular weight excluding hydrogens is 232 g/mol. The van der Waals surface area contributed by atoms with E-state index in [-0.39, 0.29) is 0 Å². The molecule has 0 spiro atoms. The second kappa shape index (κ2) is 6.37. The molecule has 1 aliphatic carbocycles. The summed E-state index contributed by atoms with van der Waals surface area (Å²) in [5.41, 5.74) is 2.31. The van der Waals surface area contributed by atoms with Gasteiger partial charge in [-0.3, -0.25) is 0 Å². The van der Waals surface area contributed by atoms with Crippen LogP contribution in [-0.2, 0) is 0 Å². The molecule has 0 aromatic carbocycles. The fourth-order valence-corrected chi connectivity index (χ4v) is 10.6.